The Kier molecular flexibility index (Phi) is 11.7. The Bertz CT molecular complexity index is 793. The molecule has 0 radical (unpaired) electrons. The summed E-state index contributed by atoms with van der Waals surface area (Å²) in [5.74, 6) is 0.480. The zero-order chi connectivity index (χ0) is 23.2. The molecule has 0 spiro atoms. The van der Waals surface area contributed by atoms with Crippen LogP contribution in [0.2, 0.25) is 0 Å². The van der Waals surface area contributed by atoms with Crippen LogP contribution in [0.3, 0.4) is 0 Å². The van der Waals surface area contributed by atoms with E-state index >= 15 is 0 Å². The van der Waals surface area contributed by atoms with E-state index < -0.39 is 5.97 Å². The molecular formula is C27H39NO4. The molecule has 1 aromatic carbocycles. The summed E-state index contributed by atoms with van der Waals surface area (Å²) in [5, 5.41) is 19.4. The van der Waals surface area contributed by atoms with E-state index in [4.69, 9.17) is 9.47 Å². The van der Waals surface area contributed by atoms with E-state index in [0.29, 0.717) is 29.4 Å². The van der Waals surface area contributed by atoms with E-state index in [1.807, 2.05) is 18.2 Å². The summed E-state index contributed by atoms with van der Waals surface area (Å²) in [6.45, 7) is 4.60. The summed E-state index contributed by atoms with van der Waals surface area (Å²) in [5.41, 5.74) is 1.20. The molecule has 0 bridgehead atoms. The Morgan fingerprint density at radius 1 is 0.969 bits per heavy atom. The molecular weight excluding hydrogens is 402 g/mol. The lowest BCUT2D eigenvalue weighted by molar-refractivity contribution is -0.132. The molecule has 0 saturated carbocycles. The molecule has 0 amide bonds. The Morgan fingerprint density at radius 3 is 2.19 bits per heavy atom. The monoisotopic (exact) mass is 441 g/mol. The minimum atomic E-state index is -1.16. The van der Waals surface area contributed by atoms with Gasteiger partial charge < -0.3 is 14.6 Å². The van der Waals surface area contributed by atoms with Gasteiger partial charge in [-0.05, 0) is 35.6 Å². The zero-order valence-corrected chi connectivity index (χ0v) is 19.8. The number of hydrogen-bond acceptors (Lipinski definition) is 4. The Balaban J connectivity index is 2.18. The van der Waals surface area contributed by atoms with Gasteiger partial charge in [0.1, 0.15) is 11.6 Å². The molecule has 5 heteroatoms. The number of aliphatic carboxylic acids is 1. The van der Waals surface area contributed by atoms with Crippen molar-refractivity contribution < 1.29 is 19.4 Å². The average molecular weight is 442 g/mol. The topological polar surface area (TPSA) is 79.6 Å². The SMILES string of the molecule is CCCCCCCCC(CCCCCC)CC(=C(C#N)C(=O)O)c1ccc2c(c1)OCO2. The van der Waals surface area contributed by atoms with E-state index in [1.54, 1.807) is 6.07 Å². The molecule has 176 valence electrons. The molecule has 32 heavy (non-hydrogen) atoms. The highest BCUT2D eigenvalue weighted by Gasteiger charge is 2.22. The Labute approximate surface area is 193 Å². The number of carbonyl (C=O) groups is 1. The summed E-state index contributed by atoms with van der Waals surface area (Å²) in [4.78, 5) is 11.9. The maximum Gasteiger partial charge on any atom is 0.346 e. The summed E-state index contributed by atoms with van der Waals surface area (Å²) >= 11 is 0. The third-order valence-corrected chi connectivity index (χ3v) is 6.27. The predicted octanol–water partition coefficient (Wildman–Crippen LogP) is 7.50. The number of nitriles is 1. The van der Waals surface area contributed by atoms with Gasteiger partial charge in [-0.1, -0.05) is 97.0 Å². The van der Waals surface area contributed by atoms with Gasteiger partial charge in [-0.2, -0.15) is 5.26 Å². The van der Waals surface area contributed by atoms with Crippen LogP contribution in [0.5, 0.6) is 11.5 Å². The zero-order valence-electron chi connectivity index (χ0n) is 19.8. The highest BCUT2D eigenvalue weighted by molar-refractivity contribution is 6.00. The second-order valence-corrected chi connectivity index (χ2v) is 8.81. The van der Waals surface area contributed by atoms with Gasteiger partial charge in [-0.3, -0.25) is 0 Å². The van der Waals surface area contributed by atoms with E-state index in [0.717, 1.165) is 31.2 Å². The van der Waals surface area contributed by atoms with E-state index in [-0.39, 0.29) is 12.4 Å². The molecule has 0 aromatic heterocycles. The lowest BCUT2D eigenvalue weighted by Crippen LogP contribution is -2.08. The van der Waals surface area contributed by atoms with Crippen molar-refractivity contribution in [1.29, 1.82) is 5.26 Å². The Hall–Kier alpha value is -2.48. The predicted molar refractivity (Wildman–Crippen MR) is 128 cm³/mol. The molecule has 1 heterocycles. The van der Waals surface area contributed by atoms with Gasteiger partial charge in [0.15, 0.2) is 11.5 Å². The van der Waals surface area contributed by atoms with Crippen LogP contribution in [0.1, 0.15) is 103 Å². The van der Waals surface area contributed by atoms with Gasteiger partial charge >= 0.3 is 5.97 Å². The second kappa shape index (κ2) is 14.6. The van der Waals surface area contributed by atoms with Crippen molar-refractivity contribution in [3.05, 3.63) is 29.3 Å². The van der Waals surface area contributed by atoms with Crippen LogP contribution in [0.25, 0.3) is 5.57 Å². The first-order valence-electron chi connectivity index (χ1n) is 12.4. The van der Waals surface area contributed by atoms with Crippen molar-refractivity contribution in [2.45, 2.75) is 97.3 Å². The van der Waals surface area contributed by atoms with Crippen LogP contribution in [0.4, 0.5) is 0 Å². The fraction of sp³-hybridized carbons (Fsp3) is 0.630. The summed E-state index contributed by atoms with van der Waals surface area (Å²) in [6.07, 6.45) is 15.0. The highest BCUT2D eigenvalue weighted by Crippen LogP contribution is 2.38. The summed E-state index contributed by atoms with van der Waals surface area (Å²) < 4.78 is 10.9. The molecule has 2 rings (SSSR count). The number of carboxylic acids is 1. The number of unbranched alkanes of at least 4 members (excludes halogenated alkanes) is 8. The quantitative estimate of drug-likeness (QED) is 0.163. The smallest absolute Gasteiger partial charge is 0.346 e. The van der Waals surface area contributed by atoms with E-state index in [2.05, 4.69) is 13.8 Å². The van der Waals surface area contributed by atoms with Gasteiger partial charge in [-0.15, -0.1) is 0 Å². The van der Waals surface area contributed by atoms with Gasteiger partial charge in [0, 0.05) is 0 Å². The molecule has 0 aliphatic carbocycles. The van der Waals surface area contributed by atoms with Crippen LogP contribution in [0.15, 0.2) is 23.8 Å². The van der Waals surface area contributed by atoms with Gasteiger partial charge in [0.25, 0.3) is 0 Å². The number of carboxylic acid groups (broad SMARTS) is 1. The van der Waals surface area contributed by atoms with E-state index in [9.17, 15) is 15.2 Å². The maximum absolute atomic E-state index is 11.9. The Morgan fingerprint density at radius 2 is 1.56 bits per heavy atom. The molecule has 1 atom stereocenters. The number of allylic oxidation sites excluding steroid dienone is 1. The lowest BCUT2D eigenvalue weighted by Gasteiger charge is -2.20. The van der Waals surface area contributed by atoms with Crippen LogP contribution in [0, 0.1) is 17.2 Å². The van der Waals surface area contributed by atoms with Crippen molar-refractivity contribution in [3.8, 4) is 17.6 Å². The summed E-state index contributed by atoms with van der Waals surface area (Å²) in [7, 11) is 0. The number of benzene rings is 1. The molecule has 0 saturated heterocycles. The normalized spacial score (nSPS) is 14.0. The fourth-order valence-electron chi connectivity index (χ4n) is 4.40. The van der Waals surface area contributed by atoms with Crippen LogP contribution in [-0.2, 0) is 4.79 Å². The summed E-state index contributed by atoms with van der Waals surface area (Å²) in [6, 6.07) is 7.42. The van der Waals surface area contributed by atoms with Crippen molar-refractivity contribution >= 4 is 11.5 Å². The largest absolute Gasteiger partial charge is 0.477 e. The molecule has 1 aliphatic heterocycles. The van der Waals surface area contributed by atoms with Crippen molar-refractivity contribution in [1.82, 2.24) is 0 Å². The highest BCUT2D eigenvalue weighted by atomic mass is 16.7. The number of hydrogen-bond donors (Lipinski definition) is 1. The first-order valence-corrected chi connectivity index (χ1v) is 12.4. The third kappa shape index (κ3) is 8.22. The molecule has 0 fully saturated rings. The first kappa shape index (κ1) is 25.8. The van der Waals surface area contributed by atoms with Crippen molar-refractivity contribution in [3.63, 3.8) is 0 Å². The second-order valence-electron chi connectivity index (χ2n) is 8.81. The first-order chi connectivity index (χ1) is 15.6. The van der Waals surface area contributed by atoms with Gasteiger partial charge in [-0.25, -0.2) is 4.79 Å². The minimum absolute atomic E-state index is 0.162. The van der Waals surface area contributed by atoms with Crippen LogP contribution in [-0.4, -0.2) is 17.9 Å². The average Bonchev–Trinajstić information content (AvgIpc) is 3.26. The lowest BCUT2D eigenvalue weighted by atomic mass is 9.84. The third-order valence-electron chi connectivity index (χ3n) is 6.27. The van der Waals surface area contributed by atoms with Crippen molar-refractivity contribution in [2.75, 3.05) is 6.79 Å². The van der Waals surface area contributed by atoms with Gasteiger partial charge in [0.05, 0.1) is 0 Å². The van der Waals surface area contributed by atoms with Crippen molar-refractivity contribution in [2.24, 2.45) is 5.92 Å². The molecule has 1 unspecified atom stereocenters. The maximum atomic E-state index is 11.9. The molecule has 1 aromatic rings. The molecule has 1 N–H and O–H groups in total. The molecule has 1 aliphatic rings. The number of rotatable bonds is 16. The number of ether oxygens (including phenoxy) is 2. The van der Waals surface area contributed by atoms with Crippen LogP contribution >= 0.6 is 0 Å². The number of fused-ring (bicyclic) bond motifs is 1. The van der Waals surface area contributed by atoms with Crippen LogP contribution < -0.4 is 9.47 Å². The standard InChI is InChI=1S/C27H39NO4/c1-3-5-7-9-10-12-14-21(13-11-8-6-4-2)17-23(24(19-28)27(29)30)22-15-16-25-26(18-22)32-20-31-25/h15-16,18,21H,3-14,17,20H2,1-2H3,(H,29,30). The minimum Gasteiger partial charge on any atom is -0.477 e. The fourth-order valence-corrected chi connectivity index (χ4v) is 4.40. The molecule has 5 nitrogen and oxygen atoms in total. The van der Waals surface area contributed by atoms with Gasteiger partial charge in [0.2, 0.25) is 6.79 Å². The number of nitrogens with zero attached hydrogens (tertiary/aromatic N) is 1. The van der Waals surface area contributed by atoms with E-state index in [1.165, 1.54) is 51.4 Å².